The molecule has 3 aromatic rings. The Morgan fingerprint density at radius 1 is 1.00 bits per heavy atom. The molecule has 6 nitrogen and oxygen atoms in total. The van der Waals surface area contributed by atoms with Crippen LogP contribution < -0.4 is 10.6 Å². The Hall–Kier alpha value is -2.83. The molecule has 2 aromatic carbocycles. The number of hydrogen-bond acceptors (Lipinski definition) is 3. The van der Waals surface area contributed by atoms with E-state index >= 15 is 0 Å². The Morgan fingerprint density at radius 3 is 2.63 bits per heavy atom. The van der Waals surface area contributed by atoms with Gasteiger partial charge in [-0.1, -0.05) is 29.3 Å². The zero-order valence-electron chi connectivity index (χ0n) is 13.8. The maximum absolute atomic E-state index is 13.0. The lowest BCUT2D eigenvalue weighted by Gasteiger charge is -2.31. The summed E-state index contributed by atoms with van der Waals surface area (Å²) >= 11 is 12.3. The summed E-state index contributed by atoms with van der Waals surface area (Å²) in [6, 6.07) is 12.3. The van der Waals surface area contributed by atoms with E-state index in [1.54, 1.807) is 47.3 Å². The molecule has 0 bridgehead atoms. The normalized spacial score (nSPS) is 20.2. The summed E-state index contributed by atoms with van der Waals surface area (Å²) in [5, 5.41) is 11.2. The predicted molar refractivity (Wildman–Crippen MR) is 103 cm³/mol. The highest BCUT2D eigenvalue weighted by atomic mass is 35.5. The van der Waals surface area contributed by atoms with Gasteiger partial charge in [-0.3, -0.25) is 9.59 Å². The van der Waals surface area contributed by atoms with E-state index < -0.39 is 5.41 Å². The van der Waals surface area contributed by atoms with Crippen LogP contribution in [0.4, 0.5) is 11.5 Å². The van der Waals surface area contributed by atoms with Gasteiger partial charge < -0.3 is 10.6 Å². The van der Waals surface area contributed by atoms with Crippen LogP contribution in [0.15, 0.2) is 48.7 Å². The molecule has 0 aliphatic carbocycles. The van der Waals surface area contributed by atoms with Crippen molar-refractivity contribution in [3.63, 3.8) is 0 Å². The van der Waals surface area contributed by atoms with Crippen molar-refractivity contribution >= 4 is 46.5 Å². The maximum atomic E-state index is 13.0. The molecule has 0 saturated carbocycles. The number of anilines is 2. The molecule has 2 aliphatic heterocycles. The minimum absolute atomic E-state index is 0.0135. The summed E-state index contributed by atoms with van der Waals surface area (Å²) < 4.78 is 1.58. The molecule has 27 heavy (non-hydrogen) atoms. The van der Waals surface area contributed by atoms with Gasteiger partial charge in [0.15, 0.2) is 0 Å². The number of carbonyl (C=O) groups is 2. The second-order valence-electron chi connectivity index (χ2n) is 6.57. The fourth-order valence-electron chi connectivity index (χ4n) is 3.87. The molecule has 0 fully saturated rings. The van der Waals surface area contributed by atoms with E-state index in [2.05, 4.69) is 15.7 Å². The van der Waals surface area contributed by atoms with E-state index in [1.165, 1.54) is 0 Å². The van der Waals surface area contributed by atoms with Gasteiger partial charge in [-0.25, -0.2) is 4.68 Å². The van der Waals surface area contributed by atoms with Crippen molar-refractivity contribution in [1.29, 1.82) is 0 Å². The molecule has 0 saturated heterocycles. The molecular weight excluding hydrogens is 387 g/mol. The third kappa shape index (κ3) is 2.23. The Morgan fingerprint density at radius 2 is 1.81 bits per heavy atom. The van der Waals surface area contributed by atoms with Gasteiger partial charge >= 0.3 is 0 Å². The van der Waals surface area contributed by atoms with Crippen molar-refractivity contribution in [2.24, 2.45) is 0 Å². The predicted octanol–water partition coefficient (Wildman–Crippen LogP) is 3.76. The van der Waals surface area contributed by atoms with Crippen molar-refractivity contribution in [2.45, 2.75) is 11.8 Å². The number of hydrogen-bond donors (Lipinski definition) is 2. The lowest BCUT2D eigenvalue weighted by molar-refractivity contribution is -0.125. The van der Waals surface area contributed by atoms with Gasteiger partial charge in [-0.05, 0) is 42.0 Å². The fourth-order valence-corrected chi connectivity index (χ4v) is 4.23. The van der Waals surface area contributed by atoms with Crippen LogP contribution >= 0.6 is 23.2 Å². The second-order valence-corrected chi connectivity index (χ2v) is 7.45. The molecule has 1 atom stereocenters. The molecule has 2 aliphatic rings. The number of amides is 2. The van der Waals surface area contributed by atoms with Crippen molar-refractivity contribution in [3.05, 3.63) is 69.8 Å². The number of halogens is 2. The zero-order valence-corrected chi connectivity index (χ0v) is 15.3. The van der Waals surface area contributed by atoms with E-state index in [0.29, 0.717) is 38.4 Å². The third-order valence-corrected chi connectivity index (χ3v) is 5.51. The van der Waals surface area contributed by atoms with E-state index in [9.17, 15) is 9.59 Å². The highest BCUT2D eigenvalue weighted by molar-refractivity contribution is 6.31. The molecular formula is C19H12Cl2N4O2. The van der Waals surface area contributed by atoms with Crippen LogP contribution in [0.25, 0.3) is 5.69 Å². The number of nitrogens with zero attached hydrogens (tertiary/aromatic N) is 2. The standard InChI is InChI=1S/C19H12Cl2N4O2/c20-10-2-1-3-12(6-10)25-17-14(9-22-25)19(8-16(26)24-17)13-7-11(21)4-5-15(13)23-18(19)27/h1-7,9H,8H2,(H,23,27)(H,24,26). The van der Waals surface area contributed by atoms with Gasteiger partial charge in [0.05, 0.1) is 11.9 Å². The van der Waals surface area contributed by atoms with Crippen LogP contribution in [0.3, 0.4) is 0 Å². The summed E-state index contributed by atoms with van der Waals surface area (Å²) in [4.78, 5) is 25.6. The van der Waals surface area contributed by atoms with Crippen molar-refractivity contribution in [1.82, 2.24) is 9.78 Å². The first-order chi connectivity index (χ1) is 13.0. The third-order valence-electron chi connectivity index (χ3n) is 5.04. The molecule has 1 unspecified atom stereocenters. The van der Waals surface area contributed by atoms with E-state index in [-0.39, 0.29) is 18.2 Å². The van der Waals surface area contributed by atoms with Crippen molar-refractivity contribution in [3.8, 4) is 5.69 Å². The Kier molecular flexibility index (Phi) is 3.38. The first-order valence-electron chi connectivity index (χ1n) is 8.25. The van der Waals surface area contributed by atoms with Crippen LogP contribution in [0.5, 0.6) is 0 Å². The Labute approximate surface area is 164 Å². The van der Waals surface area contributed by atoms with Crippen LogP contribution in [0.1, 0.15) is 17.5 Å². The molecule has 1 aromatic heterocycles. The molecule has 5 rings (SSSR count). The average Bonchev–Trinajstić information content (AvgIpc) is 3.16. The summed E-state index contributed by atoms with van der Waals surface area (Å²) in [5.41, 5.74) is 1.49. The maximum Gasteiger partial charge on any atom is 0.240 e. The largest absolute Gasteiger partial charge is 0.325 e. The summed E-state index contributed by atoms with van der Waals surface area (Å²) in [7, 11) is 0. The second kappa shape index (κ2) is 5.58. The quantitative estimate of drug-likeness (QED) is 0.654. The number of nitrogens with one attached hydrogen (secondary N) is 2. The van der Waals surface area contributed by atoms with Crippen LogP contribution in [-0.2, 0) is 15.0 Å². The fraction of sp³-hybridized carbons (Fsp3) is 0.105. The molecule has 0 radical (unpaired) electrons. The highest BCUT2D eigenvalue weighted by Gasteiger charge is 2.54. The molecule has 3 heterocycles. The monoisotopic (exact) mass is 398 g/mol. The van der Waals surface area contributed by atoms with Crippen LogP contribution in [-0.4, -0.2) is 21.6 Å². The number of rotatable bonds is 1. The number of aromatic nitrogens is 2. The van der Waals surface area contributed by atoms with E-state index in [0.717, 1.165) is 0 Å². The van der Waals surface area contributed by atoms with Gasteiger partial charge in [0.2, 0.25) is 11.8 Å². The average molecular weight is 399 g/mol. The van der Waals surface area contributed by atoms with Gasteiger partial charge in [0.1, 0.15) is 11.2 Å². The first-order valence-corrected chi connectivity index (χ1v) is 9.00. The number of fused-ring (bicyclic) bond motifs is 4. The first kappa shape index (κ1) is 16.4. The Bertz CT molecular complexity index is 1140. The highest BCUT2D eigenvalue weighted by Crippen LogP contribution is 2.50. The molecule has 134 valence electrons. The van der Waals surface area contributed by atoms with Gasteiger partial charge in [-0.2, -0.15) is 5.10 Å². The van der Waals surface area contributed by atoms with Crippen molar-refractivity contribution in [2.75, 3.05) is 10.6 Å². The number of benzene rings is 2. The van der Waals surface area contributed by atoms with Crippen molar-refractivity contribution < 1.29 is 9.59 Å². The summed E-state index contributed by atoms with van der Waals surface area (Å²) in [6.07, 6.45) is 1.60. The van der Waals surface area contributed by atoms with Gasteiger partial charge in [-0.15, -0.1) is 0 Å². The van der Waals surface area contributed by atoms with Gasteiger partial charge in [0.25, 0.3) is 0 Å². The summed E-state index contributed by atoms with van der Waals surface area (Å²) in [5.74, 6) is -0.0766. The number of carbonyl (C=O) groups excluding carboxylic acids is 2. The smallest absolute Gasteiger partial charge is 0.240 e. The lowest BCUT2D eigenvalue weighted by atomic mass is 9.72. The van der Waals surface area contributed by atoms with Gasteiger partial charge in [0, 0.05) is 27.7 Å². The molecule has 2 amide bonds. The Balaban J connectivity index is 1.77. The SMILES string of the molecule is O=C1CC2(C(=O)Nc3ccc(Cl)cc32)c2cnn(-c3cccc(Cl)c3)c2N1. The zero-order chi connectivity index (χ0) is 18.8. The van der Waals surface area contributed by atoms with Crippen LogP contribution in [0.2, 0.25) is 10.0 Å². The molecule has 8 heteroatoms. The van der Waals surface area contributed by atoms with Crippen LogP contribution in [0, 0.1) is 0 Å². The van der Waals surface area contributed by atoms with E-state index in [4.69, 9.17) is 23.2 Å². The minimum atomic E-state index is -1.16. The topological polar surface area (TPSA) is 76.0 Å². The molecule has 2 N–H and O–H groups in total. The molecule has 1 spiro atoms. The van der Waals surface area contributed by atoms with E-state index in [1.807, 2.05) is 6.07 Å². The summed E-state index contributed by atoms with van der Waals surface area (Å²) in [6.45, 7) is 0. The minimum Gasteiger partial charge on any atom is -0.325 e. The lowest BCUT2D eigenvalue weighted by Crippen LogP contribution is -2.43.